The predicted molar refractivity (Wildman–Crippen MR) is 316 cm³/mol. The molecule has 0 aliphatic heterocycles. The summed E-state index contributed by atoms with van der Waals surface area (Å²) < 4.78 is 16.9. The highest BCUT2D eigenvalue weighted by Gasteiger charge is 2.19. The SMILES string of the molecule is CC/C=C\C/C=C\C/C=C\C/C=C\CCCCCCCCC(=O)OCC(COC(=O)CCCCCCCCC/C=C\C/C=C\CCCCCC)OC(=O)CCCCCCCCC/C=C\C/C=C\CCCCCC. The van der Waals surface area contributed by atoms with Crippen molar-refractivity contribution in [3.63, 3.8) is 0 Å². The first-order valence-corrected chi connectivity index (χ1v) is 30.7. The van der Waals surface area contributed by atoms with E-state index < -0.39 is 6.10 Å². The van der Waals surface area contributed by atoms with Gasteiger partial charge in [0.2, 0.25) is 0 Å². The molecule has 0 radical (unpaired) electrons. The first kappa shape index (κ1) is 69.3. The molecule has 0 aromatic heterocycles. The number of hydrogen-bond acceptors (Lipinski definition) is 6. The monoisotopic (exact) mass is 1010 g/mol. The van der Waals surface area contributed by atoms with E-state index in [1.165, 1.54) is 128 Å². The molecule has 6 nitrogen and oxygen atoms in total. The van der Waals surface area contributed by atoms with Gasteiger partial charge >= 0.3 is 17.9 Å². The fourth-order valence-corrected chi connectivity index (χ4v) is 8.44. The number of hydrogen-bond donors (Lipinski definition) is 0. The van der Waals surface area contributed by atoms with Gasteiger partial charge in [-0.25, -0.2) is 0 Å². The normalized spacial score (nSPS) is 12.8. The van der Waals surface area contributed by atoms with E-state index in [4.69, 9.17) is 14.2 Å². The van der Waals surface area contributed by atoms with Crippen LogP contribution in [0.25, 0.3) is 0 Å². The Balaban J connectivity index is 4.44. The summed E-state index contributed by atoms with van der Waals surface area (Å²) in [5, 5.41) is 0. The molecule has 0 amide bonds. The molecule has 0 bridgehead atoms. The van der Waals surface area contributed by atoms with Crippen molar-refractivity contribution in [3.8, 4) is 0 Å². The number of esters is 3. The van der Waals surface area contributed by atoms with Crippen molar-refractivity contribution < 1.29 is 28.6 Å². The van der Waals surface area contributed by atoms with Crippen LogP contribution in [0.2, 0.25) is 0 Å². The molecule has 0 fully saturated rings. The second-order valence-electron chi connectivity index (χ2n) is 20.2. The summed E-state index contributed by atoms with van der Waals surface area (Å²) in [6.45, 7) is 6.49. The molecule has 0 aliphatic rings. The zero-order valence-corrected chi connectivity index (χ0v) is 47.9. The van der Waals surface area contributed by atoms with Gasteiger partial charge in [0.05, 0.1) is 0 Å². The lowest BCUT2D eigenvalue weighted by Crippen LogP contribution is -2.30. The van der Waals surface area contributed by atoms with Gasteiger partial charge in [-0.05, 0) is 122 Å². The maximum Gasteiger partial charge on any atom is 0.306 e. The van der Waals surface area contributed by atoms with E-state index in [1.807, 2.05) is 0 Å². The third-order valence-electron chi connectivity index (χ3n) is 13.0. The minimum absolute atomic E-state index is 0.0897. The van der Waals surface area contributed by atoms with Crippen molar-refractivity contribution in [3.05, 3.63) is 97.2 Å². The molecule has 0 aliphatic carbocycles. The van der Waals surface area contributed by atoms with Crippen LogP contribution in [0.15, 0.2) is 97.2 Å². The van der Waals surface area contributed by atoms with Crippen molar-refractivity contribution >= 4 is 17.9 Å². The average Bonchev–Trinajstić information content (AvgIpc) is 3.39. The third kappa shape index (κ3) is 59.1. The molecule has 1 unspecified atom stereocenters. The van der Waals surface area contributed by atoms with E-state index in [9.17, 15) is 14.4 Å². The maximum atomic E-state index is 12.9. The minimum Gasteiger partial charge on any atom is -0.462 e. The van der Waals surface area contributed by atoms with Gasteiger partial charge < -0.3 is 14.2 Å². The molecule has 73 heavy (non-hydrogen) atoms. The minimum atomic E-state index is -0.794. The van der Waals surface area contributed by atoms with E-state index in [0.717, 1.165) is 122 Å². The van der Waals surface area contributed by atoms with Crippen LogP contribution in [-0.4, -0.2) is 37.2 Å². The summed E-state index contributed by atoms with van der Waals surface area (Å²) in [5.41, 5.74) is 0. The smallest absolute Gasteiger partial charge is 0.306 e. The lowest BCUT2D eigenvalue weighted by Gasteiger charge is -2.18. The lowest BCUT2D eigenvalue weighted by molar-refractivity contribution is -0.167. The summed E-state index contributed by atoms with van der Waals surface area (Å²) in [5.74, 6) is -0.911. The van der Waals surface area contributed by atoms with E-state index in [2.05, 4.69) is 118 Å². The molecule has 0 aromatic rings. The molecule has 0 saturated heterocycles. The molecule has 0 N–H and O–H groups in total. The van der Waals surface area contributed by atoms with Crippen LogP contribution >= 0.6 is 0 Å². The quantitative estimate of drug-likeness (QED) is 0.0261. The zero-order chi connectivity index (χ0) is 52.9. The number of carbonyl (C=O) groups excluding carboxylic acids is 3. The molecular formula is C67H114O6. The maximum absolute atomic E-state index is 12.9. The van der Waals surface area contributed by atoms with Gasteiger partial charge in [0.15, 0.2) is 6.10 Å². The Morgan fingerprint density at radius 3 is 0.836 bits per heavy atom. The van der Waals surface area contributed by atoms with Crippen LogP contribution in [0, 0.1) is 0 Å². The second-order valence-corrected chi connectivity index (χ2v) is 20.2. The van der Waals surface area contributed by atoms with Crippen LogP contribution in [-0.2, 0) is 28.6 Å². The number of unbranched alkanes of at least 4 members (excludes halogenated alkanes) is 28. The Morgan fingerprint density at radius 1 is 0.288 bits per heavy atom. The Morgan fingerprint density at radius 2 is 0.534 bits per heavy atom. The highest BCUT2D eigenvalue weighted by molar-refractivity contribution is 5.71. The molecule has 0 heterocycles. The Hall–Kier alpha value is -3.67. The number of allylic oxidation sites excluding steroid dienone is 16. The van der Waals surface area contributed by atoms with Crippen LogP contribution < -0.4 is 0 Å². The predicted octanol–water partition coefficient (Wildman–Crippen LogP) is 20.9. The van der Waals surface area contributed by atoms with Gasteiger partial charge in [-0.3, -0.25) is 14.4 Å². The zero-order valence-electron chi connectivity index (χ0n) is 47.9. The summed E-state index contributed by atoms with van der Waals surface area (Å²) in [6, 6.07) is 0. The topological polar surface area (TPSA) is 78.9 Å². The highest BCUT2D eigenvalue weighted by Crippen LogP contribution is 2.15. The van der Waals surface area contributed by atoms with E-state index in [0.29, 0.717) is 19.3 Å². The van der Waals surface area contributed by atoms with E-state index in [-0.39, 0.29) is 31.1 Å². The molecular weight excluding hydrogens is 901 g/mol. The Kier molecular flexibility index (Phi) is 57.8. The van der Waals surface area contributed by atoms with Gasteiger partial charge in [0.1, 0.15) is 13.2 Å². The Labute approximate surface area is 451 Å². The second kappa shape index (κ2) is 60.9. The third-order valence-corrected chi connectivity index (χ3v) is 13.0. The molecule has 418 valence electrons. The first-order valence-electron chi connectivity index (χ1n) is 30.7. The molecule has 1 atom stereocenters. The fourth-order valence-electron chi connectivity index (χ4n) is 8.44. The number of ether oxygens (including phenoxy) is 3. The van der Waals surface area contributed by atoms with Crippen LogP contribution in [0.4, 0.5) is 0 Å². The summed E-state index contributed by atoms with van der Waals surface area (Å²) in [6.07, 6.45) is 81.1. The molecule has 6 heteroatoms. The highest BCUT2D eigenvalue weighted by atomic mass is 16.6. The standard InChI is InChI=1S/C67H114O6/c1-4-7-10-13-16-19-22-25-28-31-34-37-39-42-45-48-51-54-57-60-66(69)72-63-64(73-67(70)61-58-55-52-49-46-43-40-36-33-30-27-24-21-18-15-12-9-6-3)62-71-65(68)59-56-53-50-47-44-41-38-35-32-29-26-23-20-17-14-11-8-5-2/h7,10,16,19-21,23-25,28-30,32-34,37,64H,4-6,8-9,11-15,17-18,22,26-27,31,35-36,38-63H2,1-3H3/b10-7-,19-16-,23-20-,24-21-,28-25-,32-29-,33-30-,37-34-. The van der Waals surface area contributed by atoms with Crippen molar-refractivity contribution in [2.24, 2.45) is 0 Å². The lowest BCUT2D eigenvalue weighted by atomic mass is 10.1. The summed E-state index contributed by atoms with van der Waals surface area (Å²) >= 11 is 0. The van der Waals surface area contributed by atoms with Gasteiger partial charge in [-0.2, -0.15) is 0 Å². The van der Waals surface area contributed by atoms with Crippen molar-refractivity contribution in [2.45, 2.75) is 297 Å². The summed E-state index contributed by atoms with van der Waals surface area (Å²) in [4.78, 5) is 38.3. The summed E-state index contributed by atoms with van der Waals surface area (Å²) in [7, 11) is 0. The first-order chi connectivity index (χ1) is 36.0. The molecule has 0 saturated carbocycles. The van der Waals surface area contributed by atoms with Crippen molar-refractivity contribution in [1.29, 1.82) is 0 Å². The van der Waals surface area contributed by atoms with Crippen LogP contribution in [0.5, 0.6) is 0 Å². The number of rotatable bonds is 55. The van der Waals surface area contributed by atoms with Crippen LogP contribution in [0.3, 0.4) is 0 Å². The van der Waals surface area contributed by atoms with Gasteiger partial charge in [-0.1, -0.05) is 246 Å². The largest absolute Gasteiger partial charge is 0.462 e. The van der Waals surface area contributed by atoms with Gasteiger partial charge in [0.25, 0.3) is 0 Å². The average molecular weight is 1020 g/mol. The van der Waals surface area contributed by atoms with Gasteiger partial charge in [0, 0.05) is 19.3 Å². The molecule has 0 rings (SSSR count). The van der Waals surface area contributed by atoms with Gasteiger partial charge in [-0.15, -0.1) is 0 Å². The molecule has 0 aromatic carbocycles. The molecule has 0 spiro atoms. The van der Waals surface area contributed by atoms with E-state index >= 15 is 0 Å². The Bertz CT molecular complexity index is 1440. The fraction of sp³-hybridized carbons (Fsp3) is 0.716. The van der Waals surface area contributed by atoms with E-state index in [1.54, 1.807) is 0 Å². The number of carbonyl (C=O) groups is 3. The van der Waals surface area contributed by atoms with Crippen molar-refractivity contribution in [1.82, 2.24) is 0 Å². The van der Waals surface area contributed by atoms with Crippen LogP contribution in [0.1, 0.15) is 290 Å². The van der Waals surface area contributed by atoms with Crippen molar-refractivity contribution in [2.75, 3.05) is 13.2 Å².